The van der Waals surface area contributed by atoms with E-state index in [1.54, 1.807) is 24.3 Å². The van der Waals surface area contributed by atoms with Gasteiger partial charge in [-0.15, -0.1) is 0 Å². The molecule has 1 aliphatic rings. The number of rotatable bonds is 4. The maximum atomic E-state index is 11.9. The summed E-state index contributed by atoms with van der Waals surface area (Å²) in [7, 11) is 0. The van der Waals surface area contributed by atoms with Crippen molar-refractivity contribution in [1.29, 1.82) is 0 Å². The van der Waals surface area contributed by atoms with Crippen LogP contribution in [-0.2, 0) is 0 Å². The second kappa shape index (κ2) is 6.18. The topological polar surface area (TPSA) is 20.3 Å². The molecular weight excluding hydrogens is 234 g/mol. The lowest BCUT2D eigenvalue weighted by atomic mass is 10.1. The number of piperidine rings is 1. The Balaban J connectivity index is 1.82. The van der Waals surface area contributed by atoms with Crippen molar-refractivity contribution >= 4 is 17.4 Å². The van der Waals surface area contributed by atoms with Gasteiger partial charge in [0.15, 0.2) is 5.78 Å². The van der Waals surface area contributed by atoms with Gasteiger partial charge in [0.2, 0.25) is 0 Å². The van der Waals surface area contributed by atoms with Gasteiger partial charge in [0.1, 0.15) is 0 Å². The van der Waals surface area contributed by atoms with Crippen molar-refractivity contribution in [3.05, 3.63) is 34.9 Å². The zero-order valence-corrected chi connectivity index (χ0v) is 10.7. The van der Waals surface area contributed by atoms with Gasteiger partial charge in [-0.25, -0.2) is 0 Å². The summed E-state index contributed by atoms with van der Waals surface area (Å²) < 4.78 is 0. The summed E-state index contributed by atoms with van der Waals surface area (Å²) in [5.74, 6) is 0.215. The van der Waals surface area contributed by atoms with E-state index in [-0.39, 0.29) is 5.78 Å². The fraction of sp³-hybridized carbons (Fsp3) is 0.500. The Morgan fingerprint density at radius 2 is 1.76 bits per heavy atom. The average molecular weight is 252 g/mol. The molecule has 1 heterocycles. The van der Waals surface area contributed by atoms with Gasteiger partial charge in [-0.1, -0.05) is 18.0 Å². The highest BCUT2D eigenvalue weighted by molar-refractivity contribution is 6.30. The molecule has 2 rings (SSSR count). The Morgan fingerprint density at radius 1 is 1.12 bits per heavy atom. The molecule has 1 saturated heterocycles. The molecule has 2 nitrogen and oxygen atoms in total. The van der Waals surface area contributed by atoms with E-state index in [1.807, 2.05) is 0 Å². The van der Waals surface area contributed by atoms with E-state index in [0.717, 1.165) is 25.2 Å². The first-order valence-electron chi connectivity index (χ1n) is 6.27. The average Bonchev–Trinajstić information content (AvgIpc) is 2.38. The Labute approximate surface area is 108 Å². The predicted octanol–water partition coefficient (Wildman–Crippen LogP) is 3.40. The zero-order chi connectivity index (χ0) is 12.1. The largest absolute Gasteiger partial charge is 0.303 e. The molecule has 1 aromatic rings. The monoisotopic (exact) mass is 251 g/mol. The lowest BCUT2D eigenvalue weighted by molar-refractivity contribution is 0.0958. The van der Waals surface area contributed by atoms with Crippen LogP contribution in [0, 0.1) is 0 Å². The van der Waals surface area contributed by atoms with Gasteiger partial charge in [-0.2, -0.15) is 0 Å². The smallest absolute Gasteiger partial charge is 0.164 e. The van der Waals surface area contributed by atoms with Crippen molar-refractivity contribution in [2.75, 3.05) is 19.6 Å². The number of hydrogen-bond acceptors (Lipinski definition) is 2. The van der Waals surface area contributed by atoms with Crippen LogP contribution >= 0.6 is 11.6 Å². The Kier molecular flexibility index (Phi) is 4.57. The van der Waals surface area contributed by atoms with Gasteiger partial charge in [0, 0.05) is 23.6 Å². The molecular formula is C14H18ClNO. The number of benzene rings is 1. The van der Waals surface area contributed by atoms with Crippen molar-refractivity contribution < 1.29 is 4.79 Å². The highest BCUT2D eigenvalue weighted by atomic mass is 35.5. The van der Waals surface area contributed by atoms with Crippen LogP contribution in [0.5, 0.6) is 0 Å². The molecule has 17 heavy (non-hydrogen) atoms. The maximum Gasteiger partial charge on any atom is 0.164 e. The van der Waals surface area contributed by atoms with Gasteiger partial charge in [-0.3, -0.25) is 4.79 Å². The third-order valence-electron chi connectivity index (χ3n) is 3.27. The second-order valence-electron chi connectivity index (χ2n) is 4.58. The summed E-state index contributed by atoms with van der Waals surface area (Å²) in [5.41, 5.74) is 0.770. The summed E-state index contributed by atoms with van der Waals surface area (Å²) in [4.78, 5) is 14.3. The Bertz CT molecular complexity index is 368. The van der Waals surface area contributed by atoms with Gasteiger partial charge < -0.3 is 4.90 Å². The number of nitrogens with zero attached hydrogens (tertiary/aromatic N) is 1. The predicted molar refractivity (Wildman–Crippen MR) is 70.7 cm³/mol. The van der Waals surface area contributed by atoms with Crippen LogP contribution in [-0.4, -0.2) is 30.3 Å². The van der Waals surface area contributed by atoms with Crippen molar-refractivity contribution in [3.63, 3.8) is 0 Å². The van der Waals surface area contributed by atoms with Gasteiger partial charge >= 0.3 is 0 Å². The zero-order valence-electron chi connectivity index (χ0n) is 9.99. The van der Waals surface area contributed by atoms with Gasteiger partial charge in [0.25, 0.3) is 0 Å². The molecule has 0 atom stereocenters. The fourth-order valence-corrected chi connectivity index (χ4v) is 2.35. The van der Waals surface area contributed by atoms with Crippen molar-refractivity contribution in [2.24, 2.45) is 0 Å². The Morgan fingerprint density at radius 3 is 2.41 bits per heavy atom. The minimum Gasteiger partial charge on any atom is -0.303 e. The van der Waals surface area contributed by atoms with Crippen LogP contribution in [0.3, 0.4) is 0 Å². The quantitative estimate of drug-likeness (QED) is 0.765. The molecule has 0 radical (unpaired) electrons. The molecule has 0 spiro atoms. The molecule has 0 unspecified atom stereocenters. The van der Waals surface area contributed by atoms with E-state index in [1.165, 1.54) is 19.3 Å². The van der Waals surface area contributed by atoms with E-state index in [4.69, 9.17) is 11.6 Å². The molecule has 1 aliphatic heterocycles. The van der Waals surface area contributed by atoms with Crippen LogP contribution < -0.4 is 0 Å². The number of halogens is 1. The molecule has 0 saturated carbocycles. The number of likely N-dealkylation sites (tertiary alicyclic amines) is 1. The van der Waals surface area contributed by atoms with Crippen molar-refractivity contribution in [2.45, 2.75) is 25.7 Å². The first kappa shape index (κ1) is 12.6. The first-order valence-corrected chi connectivity index (χ1v) is 6.64. The van der Waals surface area contributed by atoms with E-state index < -0.39 is 0 Å². The highest BCUT2D eigenvalue weighted by Gasteiger charge is 2.12. The standard InChI is InChI=1S/C14H18ClNO/c15-13-6-4-12(5-7-13)14(17)8-11-16-9-2-1-3-10-16/h4-7H,1-3,8-11H2. The minimum absolute atomic E-state index is 0.215. The number of carbonyl (C=O) groups is 1. The van der Waals surface area contributed by atoms with E-state index in [2.05, 4.69) is 4.90 Å². The molecule has 0 N–H and O–H groups in total. The number of hydrogen-bond donors (Lipinski definition) is 0. The molecule has 0 bridgehead atoms. The summed E-state index contributed by atoms with van der Waals surface area (Å²) >= 11 is 5.80. The van der Waals surface area contributed by atoms with E-state index in [9.17, 15) is 4.79 Å². The second-order valence-corrected chi connectivity index (χ2v) is 5.02. The third kappa shape index (κ3) is 3.83. The SMILES string of the molecule is O=C(CCN1CCCCC1)c1ccc(Cl)cc1. The van der Waals surface area contributed by atoms with Crippen molar-refractivity contribution in [3.8, 4) is 0 Å². The van der Waals surface area contributed by atoms with Gasteiger partial charge in [-0.05, 0) is 50.2 Å². The molecule has 1 fully saturated rings. The van der Waals surface area contributed by atoms with Crippen LogP contribution in [0.1, 0.15) is 36.0 Å². The Hall–Kier alpha value is -0.860. The minimum atomic E-state index is 0.215. The lowest BCUT2D eigenvalue weighted by Crippen LogP contribution is -2.31. The molecule has 92 valence electrons. The van der Waals surface area contributed by atoms with Crippen LogP contribution in [0.15, 0.2) is 24.3 Å². The normalized spacial score (nSPS) is 17.0. The summed E-state index contributed by atoms with van der Waals surface area (Å²) in [5, 5.41) is 0.678. The van der Waals surface area contributed by atoms with E-state index >= 15 is 0 Å². The maximum absolute atomic E-state index is 11.9. The summed E-state index contributed by atoms with van der Waals surface area (Å²) in [6.45, 7) is 3.18. The van der Waals surface area contributed by atoms with Crippen LogP contribution in [0.4, 0.5) is 0 Å². The number of Topliss-reactive ketones (excluding diaryl/α,β-unsaturated/α-hetero) is 1. The van der Waals surface area contributed by atoms with Crippen LogP contribution in [0.25, 0.3) is 0 Å². The lowest BCUT2D eigenvalue weighted by Gasteiger charge is -2.25. The van der Waals surface area contributed by atoms with Crippen LogP contribution in [0.2, 0.25) is 5.02 Å². The molecule has 0 amide bonds. The van der Waals surface area contributed by atoms with Crippen molar-refractivity contribution in [1.82, 2.24) is 4.90 Å². The number of ketones is 1. The first-order chi connectivity index (χ1) is 8.25. The molecule has 1 aromatic carbocycles. The highest BCUT2D eigenvalue weighted by Crippen LogP contribution is 2.13. The summed E-state index contributed by atoms with van der Waals surface area (Å²) in [6.07, 6.45) is 4.49. The van der Waals surface area contributed by atoms with E-state index in [0.29, 0.717) is 11.4 Å². The molecule has 0 aromatic heterocycles. The fourth-order valence-electron chi connectivity index (χ4n) is 2.22. The van der Waals surface area contributed by atoms with Gasteiger partial charge in [0.05, 0.1) is 0 Å². The third-order valence-corrected chi connectivity index (χ3v) is 3.52. The number of carbonyl (C=O) groups excluding carboxylic acids is 1. The molecule has 3 heteroatoms. The summed E-state index contributed by atoms with van der Waals surface area (Å²) in [6, 6.07) is 7.16. The molecule has 0 aliphatic carbocycles.